The fraction of sp³-hybridized carbons (Fsp3) is 0.550. The molecule has 1 aliphatic carbocycles. The van der Waals surface area contributed by atoms with Crippen molar-refractivity contribution < 1.29 is 23.9 Å². The minimum atomic E-state index is -0.502. The molecule has 1 saturated carbocycles. The van der Waals surface area contributed by atoms with Crippen molar-refractivity contribution >= 4 is 17.9 Å². The number of amides is 3. The molecule has 3 amide bonds. The van der Waals surface area contributed by atoms with E-state index in [0.29, 0.717) is 11.3 Å². The van der Waals surface area contributed by atoms with Crippen LogP contribution >= 0.6 is 0 Å². The molecule has 0 saturated heterocycles. The Balaban J connectivity index is 1.71. The van der Waals surface area contributed by atoms with Gasteiger partial charge in [-0.2, -0.15) is 0 Å². The van der Waals surface area contributed by atoms with Crippen molar-refractivity contribution in [1.82, 2.24) is 16.0 Å². The second kappa shape index (κ2) is 11.2. The Morgan fingerprint density at radius 2 is 1.82 bits per heavy atom. The van der Waals surface area contributed by atoms with Crippen LogP contribution in [0.5, 0.6) is 5.75 Å². The Morgan fingerprint density at radius 1 is 1.07 bits per heavy atom. The van der Waals surface area contributed by atoms with E-state index < -0.39 is 5.97 Å². The molecule has 2 rings (SSSR count). The van der Waals surface area contributed by atoms with Crippen molar-refractivity contribution in [1.29, 1.82) is 0 Å². The van der Waals surface area contributed by atoms with Crippen LogP contribution in [0.1, 0.15) is 54.4 Å². The normalized spacial score (nSPS) is 14.1. The second-order valence-electron chi connectivity index (χ2n) is 6.79. The van der Waals surface area contributed by atoms with Gasteiger partial charge in [0.15, 0.2) is 0 Å². The van der Waals surface area contributed by atoms with Crippen molar-refractivity contribution in [3.8, 4) is 5.75 Å². The van der Waals surface area contributed by atoms with Crippen LogP contribution in [0.2, 0.25) is 0 Å². The zero-order chi connectivity index (χ0) is 20.4. The Hall–Kier alpha value is -2.77. The summed E-state index contributed by atoms with van der Waals surface area (Å²) in [6.45, 7) is 0.529. The molecule has 1 aliphatic rings. The number of esters is 1. The summed E-state index contributed by atoms with van der Waals surface area (Å²) in [6, 6.07) is 5.06. The average molecular weight is 391 g/mol. The van der Waals surface area contributed by atoms with Gasteiger partial charge in [0.05, 0.1) is 14.2 Å². The monoisotopic (exact) mass is 391 g/mol. The van der Waals surface area contributed by atoms with Gasteiger partial charge in [-0.15, -0.1) is 0 Å². The standard InChI is InChI=1S/C20H29N3O5/c1-27-17-9-8-14(12-16(17)19(25)28-2)13-22-18(24)10-11-21-20(26)23-15-6-4-3-5-7-15/h8-9,12,15H,3-7,10-11,13H2,1-2H3,(H,22,24)(H2,21,23,26). The molecule has 28 heavy (non-hydrogen) atoms. The minimum Gasteiger partial charge on any atom is -0.496 e. The molecule has 8 heteroatoms. The molecule has 0 atom stereocenters. The second-order valence-corrected chi connectivity index (χ2v) is 6.79. The van der Waals surface area contributed by atoms with Crippen molar-refractivity contribution in [2.45, 2.75) is 51.1 Å². The zero-order valence-electron chi connectivity index (χ0n) is 16.5. The van der Waals surface area contributed by atoms with E-state index in [2.05, 4.69) is 16.0 Å². The molecular formula is C20H29N3O5. The number of carbonyl (C=O) groups is 3. The molecule has 0 heterocycles. The fourth-order valence-electron chi connectivity index (χ4n) is 3.20. The van der Waals surface area contributed by atoms with Crippen LogP contribution in [0, 0.1) is 0 Å². The van der Waals surface area contributed by atoms with Crippen molar-refractivity contribution in [3.05, 3.63) is 29.3 Å². The SMILES string of the molecule is COC(=O)c1cc(CNC(=O)CCNC(=O)NC2CCCCC2)ccc1OC. The summed E-state index contributed by atoms with van der Waals surface area (Å²) in [5.41, 5.74) is 1.05. The molecule has 3 N–H and O–H groups in total. The van der Waals surface area contributed by atoms with Gasteiger partial charge in [-0.05, 0) is 30.5 Å². The molecule has 0 radical (unpaired) electrons. The van der Waals surface area contributed by atoms with Crippen LogP contribution in [0.3, 0.4) is 0 Å². The number of benzene rings is 1. The Labute approximate surface area is 165 Å². The Bertz CT molecular complexity index is 686. The third-order valence-corrected chi connectivity index (χ3v) is 4.74. The van der Waals surface area contributed by atoms with Crippen LogP contribution in [0.15, 0.2) is 18.2 Å². The topological polar surface area (TPSA) is 106 Å². The minimum absolute atomic E-state index is 0.179. The number of rotatable bonds is 8. The lowest BCUT2D eigenvalue weighted by atomic mass is 9.96. The highest BCUT2D eigenvalue weighted by Crippen LogP contribution is 2.20. The van der Waals surface area contributed by atoms with Gasteiger partial charge >= 0.3 is 12.0 Å². The summed E-state index contributed by atoms with van der Waals surface area (Å²) in [5, 5.41) is 8.44. The molecule has 0 aromatic heterocycles. The van der Waals surface area contributed by atoms with E-state index in [1.807, 2.05) is 0 Å². The number of nitrogens with one attached hydrogen (secondary N) is 3. The molecule has 1 fully saturated rings. The molecule has 154 valence electrons. The summed E-state index contributed by atoms with van der Waals surface area (Å²) < 4.78 is 9.88. The lowest BCUT2D eigenvalue weighted by Gasteiger charge is -2.22. The van der Waals surface area contributed by atoms with E-state index >= 15 is 0 Å². The zero-order valence-corrected chi connectivity index (χ0v) is 16.5. The molecular weight excluding hydrogens is 362 g/mol. The van der Waals surface area contributed by atoms with Crippen LogP contribution < -0.4 is 20.7 Å². The maximum absolute atomic E-state index is 12.0. The lowest BCUT2D eigenvalue weighted by Crippen LogP contribution is -2.43. The first-order valence-electron chi connectivity index (χ1n) is 9.59. The number of carbonyl (C=O) groups excluding carboxylic acids is 3. The van der Waals surface area contributed by atoms with Crippen LogP contribution in [-0.4, -0.2) is 44.7 Å². The van der Waals surface area contributed by atoms with Crippen molar-refractivity contribution in [2.24, 2.45) is 0 Å². The lowest BCUT2D eigenvalue weighted by molar-refractivity contribution is -0.121. The predicted molar refractivity (Wildman–Crippen MR) is 104 cm³/mol. The smallest absolute Gasteiger partial charge is 0.341 e. The first kappa shape index (κ1) is 21.5. The highest BCUT2D eigenvalue weighted by Gasteiger charge is 2.16. The molecule has 1 aromatic carbocycles. The van der Waals surface area contributed by atoms with Gasteiger partial charge in [-0.1, -0.05) is 25.3 Å². The average Bonchev–Trinajstić information content (AvgIpc) is 2.72. The maximum Gasteiger partial charge on any atom is 0.341 e. The fourth-order valence-corrected chi connectivity index (χ4v) is 3.20. The van der Waals surface area contributed by atoms with Gasteiger partial charge in [0.25, 0.3) is 0 Å². The summed E-state index contributed by atoms with van der Waals surface area (Å²) in [5.74, 6) is -0.276. The van der Waals surface area contributed by atoms with E-state index in [-0.39, 0.29) is 37.5 Å². The van der Waals surface area contributed by atoms with Crippen molar-refractivity contribution in [2.75, 3.05) is 20.8 Å². The van der Waals surface area contributed by atoms with Gasteiger partial charge in [0, 0.05) is 25.6 Å². The third kappa shape index (κ3) is 6.75. The van der Waals surface area contributed by atoms with Gasteiger partial charge in [-0.3, -0.25) is 4.79 Å². The Morgan fingerprint density at radius 3 is 2.50 bits per heavy atom. The Kier molecular flexibility index (Phi) is 8.58. The number of methoxy groups -OCH3 is 2. The third-order valence-electron chi connectivity index (χ3n) is 4.74. The van der Waals surface area contributed by atoms with E-state index in [1.54, 1.807) is 18.2 Å². The van der Waals surface area contributed by atoms with Crippen LogP contribution in [0.25, 0.3) is 0 Å². The summed E-state index contributed by atoms with van der Waals surface area (Å²) in [6.07, 6.45) is 5.74. The molecule has 1 aromatic rings. The van der Waals surface area contributed by atoms with E-state index in [1.165, 1.54) is 20.6 Å². The van der Waals surface area contributed by atoms with Gasteiger partial charge in [0.2, 0.25) is 5.91 Å². The van der Waals surface area contributed by atoms with Crippen LogP contribution in [0.4, 0.5) is 4.79 Å². The van der Waals surface area contributed by atoms with Gasteiger partial charge in [-0.25, -0.2) is 9.59 Å². The van der Waals surface area contributed by atoms with E-state index in [9.17, 15) is 14.4 Å². The number of ether oxygens (including phenoxy) is 2. The summed E-state index contributed by atoms with van der Waals surface area (Å²) in [4.78, 5) is 35.6. The number of urea groups is 1. The largest absolute Gasteiger partial charge is 0.496 e. The molecule has 0 bridgehead atoms. The van der Waals surface area contributed by atoms with Gasteiger partial charge in [0.1, 0.15) is 11.3 Å². The number of hydrogen-bond acceptors (Lipinski definition) is 5. The quantitative estimate of drug-likeness (QED) is 0.589. The van der Waals surface area contributed by atoms with Crippen LogP contribution in [-0.2, 0) is 16.1 Å². The molecule has 8 nitrogen and oxygen atoms in total. The first-order valence-corrected chi connectivity index (χ1v) is 9.59. The maximum atomic E-state index is 12.0. The summed E-state index contributed by atoms with van der Waals surface area (Å²) >= 11 is 0. The predicted octanol–water partition coefficient (Wildman–Crippen LogP) is 2.12. The molecule has 0 aliphatic heterocycles. The highest BCUT2D eigenvalue weighted by molar-refractivity contribution is 5.92. The number of hydrogen-bond donors (Lipinski definition) is 3. The van der Waals surface area contributed by atoms with E-state index in [0.717, 1.165) is 31.2 Å². The molecule has 0 unspecified atom stereocenters. The first-order chi connectivity index (χ1) is 13.5. The molecule has 0 spiro atoms. The highest BCUT2D eigenvalue weighted by atomic mass is 16.5. The summed E-state index contributed by atoms with van der Waals surface area (Å²) in [7, 11) is 2.77. The van der Waals surface area contributed by atoms with E-state index in [4.69, 9.17) is 9.47 Å². The van der Waals surface area contributed by atoms with Gasteiger partial charge < -0.3 is 25.4 Å². The van der Waals surface area contributed by atoms with Crippen molar-refractivity contribution in [3.63, 3.8) is 0 Å².